The zero-order chi connectivity index (χ0) is 10.7. The van der Waals surface area contributed by atoms with Crippen molar-refractivity contribution in [1.82, 2.24) is 5.32 Å². The molecule has 1 N–H and O–H groups in total. The van der Waals surface area contributed by atoms with Crippen LogP contribution in [0.5, 0.6) is 0 Å². The molecule has 1 saturated carbocycles. The van der Waals surface area contributed by atoms with Crippen molar-refractivity contribution in [3.05, 3.63) is 0 Å². The molecule has 0 radical (unpaired) electrons. The molecule has 1 aliphatic heterocycles. The maximum absolute atomic E-state index is 11.4. The Morgan fingerprint density at radius 2 is 2.20 bits per heavy atom. The summed E-state index contributed by atoms with van der Waals surface area (Å²) in [5, 5.41) is 3.09. The molecule has 0 aromatic heterocycles. The molecule has 84 valence electrons. The molecule has 1 aliphatic carbocycles. The van der Waals surface area contributed by atoms with Crippen molar-refractivity contribution in [1.29, 1.82) is 0 Å². The van der Waals surface area contributed by atoms with Crippen LogP contribution in [0.4, 0.5) is 0 Å². The Morgan fingerprint density at radius 1 is 1.40 bits per heavy atom. The van der Waals surface area contributed by atoms with Gasteiger partial charge in [-0.25, -0.2) is 0 Å². The SMILES string of the molecule is O=COC1CCCC2(CCCC(=O)N2)C1. The van der Waals surface area contributed by atoms with Crippen LogP contribution in [0, 0.1) is 0 Å². The van der Waals surface area contributed by atoms with Gasteiger partial charge in [-0.2, -0.15) is 0 Å². The third-order valence-electron chi connectivity index (χ3n) is 3.51. The van der Waals surface area contributed by atoms with Gasteiger partial charge in [-0.3, -0.25) is 9.59 Å². The summed E-state index contributed by atoms with van der Waals surface area (Å²) in [6.45, 7) is 0.522. The lowest BCUT2D eigenvalue weighted by Gasteiger charge is -2.43. The second kappa shape index (κ2) is 4.21. The summed E-state index contributed by atoms with van der Waals surface area (Å²) >= 11 is 0. The quantitative estimate of drug-likeness (QED) is 0.697. The van der Waals surface area contributed by atoms with Gasteiger partial charge in [-0.15, -0.1) is 0 Å². The summed E-state index contributed by atoms with van der Waals surface area (Å²) in [6, 6.07) is 0. The van der Waals surface area contributed by atoms with Crippen LogP contribution < -0.4 is 5.32 Å². The van der Waals surface area contributed by atoms with E-state index in [1.165, 1.54) is 0 Å². The molecule has 2 aliphatic rings. The van der Waals surface area contributed by atoms with Crippen molar-refractivity contribution in [2.24, 2.45) is 0 Å². The Bertz CT molecular complexity index is 263. The van der Waals surface area contributed by atoms with E-state index in [4.69, 9.17) is 4.74 Å². The average molecular weight is 211 g/mol. The molecule has 0 aromatic rings. The van der Waals surface area contributed by atoms with E-state index in [0.29, 0.717) is 12.9 Å². The summed E-state index contributed by atoms with van der Waals surface area (Å²) in [4.78, 5) is 21.7. The second-order valence-corrected chi connectivity index (χ2v) is 4.63. The van der Waals surface area contributed by atoms with Gasteiger partial charge in [-0.05, 0) is 32.1 Å². The van der Waals surface area contributed by atoms with E-state index in [1.807, 2.05) is 0 Å². The Kier molecular flexibility index (Phi) is 2.93. The molecular formula is C11H17NO3. The van der Waals surface area contributed by atoms with E-state index in [2.05, 4.69) is 5.32 Å². The van der Waals surface area contributed by atoms with E-state index in [0.717, 1.165) is 38.5 Å². The summed E-state index contributed by atoms with van der Waals surface area (Å²) < 4.78 is 5.01. The number of hydrogen-bond acceptors (Lipinski definition) is 3. The van der Waals surface area contributed by atoms with E-state index < -0.39 is 0 Å². The van der Waals surface area contributed by atoms with Crippen molar-refractivity contribution in [2.75, 3.05) is 0 Å². The first-order chi connectivity index (χ1) is 7.24. The molecule has 2 fully saturated rings. The minimum absolute atomic E-state index is 0.00495. The van der Waals surface area contributed by atoms with Crippen LogP contribution in [-0.4, -0.2) is 24.0 Å². The minimum Gasteiger partial charge on any atom is -0.464 e. The number of piperidine rings is 1. The zero-order valence-electron chi connectivity index (χ0n) is 8.83. The summed E-state index contributed by atoms with van der Waals surface area (Å²) in [6.07, 6.45) is 6.39. The molecule has 2 unspecified atom stereocenters. The maximum atomic E-state index is 11.4. The van der Waals surface area contributed by atoms with Gasteiger partial charge >= 0.3 is 0 Å². The molecule has 0 bridgehead atoms. The molecular weight excluding hydrogens is 194 g/mol. The summed E-state index contributed by atoms with van der Waals surface area (Å²) in [5.41, 5.74) is -0.0821. The maximum Gasteiger partial charge on any atom is 0.293 e. The van der Waals surface area contributed by atoms with Crippen molar-refractivity contribution < 1.29 is 14.3 Å². The highest BCUT2D eigenvalue weighted by molar-refractivity contribution is 5.77. The largest absolute Gasteiger partial charge is 0.464 e. The predicted molar refractivity (Wildman–Crippen MR) is 54.1 cm³/mol. The van der Waals surface area contributed by atoms with E-state index in [9.17, 15) is 9.59 Å². The van der Waals surface area contributed by atoms with E-state index in [1.54, 1.807) is 0 Å². The van der Waals surface area contributed by atoms with Crippen molar-refractivity contribution in [3.8, 4) is 0 Å². The van der Waals surface area contributed by atoms with Crippen LogP contribution in [0.25, 0.3) is 0 Å². The van der Waals surface area contributed by atoms with Crippen molar-refractivity contribution >= 4 is 12.4 Å². The lowest BCUT2D eigenvalue weighted by atomic mass is 9.75. The van der Waals surface area contributed by atoms with Gasteiger partial charge in [-0.1, -0.05) is 0 Å². The molecule has 4 heteroatoms. The normalized spacial score (nSPS) is 36.0. The van der Waals surface area contributed by atoms with Crippen LogP contribution in [0.1, 0.15) is 44.9 Å². The fourth-order valence-corrected chi connectivity index (χ4v) is 2.85. The predicted octanol–water partition coefficient (Wildman–Crippen LogP) is 1.14. The standard InChI is InChI=1S/C11H17NO3/c13-8-15-9-3-1-5-11(7-9)6-2-4-10(14)12-11/h8-9H,1-7H2,(H,12,14). The molecule has 2 atom stereocenters. The van der Waals surface area contributed by atoms with Crippen LogP contribution >= 0.6 is 0 Å². The minimum atomic E-state index is -0.0821. The smallest absolute Gasteiger partial charge is 0.293 e. The number of hydrogen-bond donors (Lipinski definition) is 1. The second-order valence-electron chi connectivity index (χ2n) is 4.63. The topological polar surface area (TPSA) is 55.4 Å². The van der Waals surface area contributed by atoms with Crippen LogP contribution in [0.3, 0.4) is 0 Å². The van der Waals surface area contributed by atoms with Gasteiger partial charge in [0.2, 0.25) is 5.91 Å². The van der Waals surface area contributed by atoms with Crippen molar-refractivity contribution in [3.63, 3.8) is 0 Å². The van der Waals surface area contributed by atoms with Crippen LogP contribution in [0.2, 0.25) is 0 Å². The number of carbonyl (C=O) groups is 2. The van der Waals surface area contributed by atoms with Crippen molar-refractivity contribution in [2.45, 2.75) is 56.6 Å². The first-order valence-electron chi connectivity index (χ1n) is 5.64. The number of amides is 1. The Labute approximate surface area is 89.4 Å². The molecule has 1 heterocycles. The van der Waals surface area contributed by atoms with Gasteiger partial charge in [0.25, 0.3) is 6.47 Å². The zero-order valence-corrected chi connectivity index (χ0v) is 8.83. The summed E-state index contributed by atoms with van der Waals surface area (Å²) in [7, 11) is 0. The van der Waals surface area contributed by atoms with E-state index >= 15 is 0 Å². The third kappa shape index (κ3) is 2.30. The van der Waals surface area contributed by atoms with Gasteiger partial charge in [0.15, 0.2) is 0 Å². The van der Waals surface area contributed by atoms with Crippen LogP contribution in [-0.2, 0) is 14.3 Å². The highest BCUT2D eigenvalue weighted by Gasteiger charge is 2.40. The van der Waals surface area contributed by atoms with Gasteiger partial charge in [0.05, 0.1) is 0 Å². The molecule has 0 aromatic carbocycles. The molecule has 4 nitrogen and oxygen atoms in total. The number of nitrogens with one attached hydrogen (secondary N) is 1. The molecule has 1 saturated heterocycles. The Hall–Kier alpha value is -1.06. The van der Waals surface area contributed by atoms with Gasteiger partial charge in [0, 0.05) is 18.4 Å². The van der Waals surface area contributed by atoms with Gasteiger partial charge < -0.3 is 10.1 Å². The first kappa shape index (κ1) is 10.5. The highest BCUT2D eigenvalue weighted by atomic mass is 16.5. The monoisotopic (exact) mass is 211 g/mol. The summed E-state index contributed by atoms with van der Waals surface area (Å²) in [5.74, 6) is 0.146. The molecule has 1 amide bonds. The third-order valence-corrected chi connectivity index (χ3v) is 3.51. The highest BCUT2D eigenvalue weighted by Crippen LogP contribution is 2.35. The number of carbonyl (C=O) groups excluding carboxylic acids is 2. The van der Waals surface area contributed by atoms with Crippen LogP contribution in [0.15, 0.2) is 0 Å². The fraction of sp³-hybridized carbons (Fsp3) is 0.818. The first-order valence-corrected chi connectivity index (χ1v) is 5.64. The van der Waals surface area contributed by atoms with E-state index in [-0.39, 0.29) is 17.6 Å². The lowest BCUT2D eigenvalue weighted by molar-refractivity contribution is -0.137. The Morgan fingerprint density at radius 3 is 2.93 bits per heavy atom. The molecule has 2 rings (SSSR count). The number of ether oxygens (including phenoxy) is 1. The lowest BCUT2D eigenvalue weighted by Crippen LogP contribution is -2.55. The fourth-order valence-electron chi connectivity index (χ4n) is 2.85. The molecule has 1 spiro atoms. The van der Waals surface area contributed by atoms with Gasteiger partial charge in [0.1, 0.15) is 6.10 Å². The molecule has 15 heavy (non-hydrogen) atoms. The Balaban J connectivity index is 2.00. The number of rotatable bonds is 2. The average Bonchev–Trinajstić information content (AvgIpc) is 2.17.